The van der Waals surface area contributed by atoms with E-state index in [2.05, 4.69) is 15.2 Å². The summed E-state index contributed by atoms with van der Waals surface area (Å²) in [7, 11) is 1.70. The number of ether oxygens (including phenoxy) is 1. The predicted molar refractivity (Wildman–Crippen MR) is 99.3 cm³/mol. The summed E-state index contributed by atoms with van der Waals surface area (Å²) in [6.07, 6.45) is -3.93. The number of halogens is 3. The molecule has 0 aromatic carbocycles. The topological polar surface area (TPSA) is 65.7 Å². The first-order valence-electron chi connectivity index (χ1n) is 8.72. The summed E-state index contributed by atoms with van der Waals surface area (Å²) >= 11 is 1.58. The molecular weight excluding hydrogens is 391 g/mol. The maximum Gasteiger partial charge on any atom is 0.435 e. The average Bonchev–Trinajstić information content (AvgIpc) is 3.08. The molecule has 0 amide bonds. The van der Waals surface area contributed by atoms with E-state index in [1.165, 1.54) is 0 Å². The summed E-state index contributed by atoms with van der Waals surface area (Å²) in [4.78, 5) is 10.0. The first kappa shape index (κ1) is 19.0. The number of hydrogen-bond donors (Lipinski definition) is 0. The van der Waals surface area contributed by atoms with Crippen molar-refractivity contribution < 1.29 is 17.9 Å². The lowest BCUT2D eigenvalue weighted by molar-refractivity contribution is -0.141. The van der Waals surface area contributed by atoms with Gasteiger partial charge < -0.3 is 9.30 Å². The quantitative estimate of drug-likeness (QED) is 0.602. The number of nitrogens with zero attached hydrogens (tertiary/aromatic N) is 5. The van der Waals surface area contributed by atoms with Crippen molar-refractivity contribution in [2.75, 3.05) is 5.75 Å². The van der Waals surface area contributed by atoms with Crippen molar-refractivity contribution >= 4 is 22.9 Å². The molecule has 3 aromatic heterocycles. The smallest absolute Gasteiger partial charge is 0.435 e. The van der Waals surface area contributed by atoms with Gasteiger partial charge in [0.05, 0.1) is 5.69 Å². The third-order valence-corrected chi connectivity index (χ3v) is 5.34. The molecule has 1 aliphatic rings. The van der Waals surface area contributed by atoms with Gasteiger partial charge in [-0.3, -0.25) is 0 Å². The van der Waals surface area contributed by atoms with Crippen molar-refractivity contribution in [2.24, 2.45) is 7.05 Å². The van der Waals surface area contributed by atoms with Gasteiger partial charge in [-0.25, -0.2) is 9.97 Å². The van der Waals surface area contributed by atoms with E-state index in [4.69, 9.17) is 9.72 Å². The van der Waals surface area contributed by atoms with E-state index >= 15 is 0 Å². The number of aromatic nitrogens is 5. The average molecular weight is 409 g/mol. The maximum atomic E-state index is 13.0. The minimum absolute atomic E-state index is 0.131. The van der Waals surface area contributed by atoms with Crippen molar-refractivity contribution in [3.8, 4) is 17.3 Å². The summed E-state index contributed by atoms with van der Waals surface area (Å²) in [6, 6.07) is 2.85. The van der Waals surface area contributed by atoms with E-state index in [1.807, 2.05) is 26.8 Å². The molecule has 0 bridgehead atoms. The lowest BCUT2D eigenvalue weighted by Gasteiger charge is -2.16. The molecular formula is C18H18F3N5OS. The Labute approximate surface area is 163 Å². The number of thioether (sulfide) groups is 1. The zero-order chi connectivity index (χ0) is 20.3. The van der Waals surface area contributed by atoms with Gasteiger partial charge in [-0.1, -0.05) is 6.92 Å². The normalized spacial score (nSPS) is 15.7. The molecule has 3 aromatic rings. The number of hydrogen-bond acceptors (Lipinski definition) is 6. The monoisotopic (exact) mass is 409 g/mol. The highest BCUT2D eigenvalue weighted by atomic mass is 32.2. The van der Waals surface area contributed by atoms with Gasteiger partial charge in [0.1, 0.15) is 22.6 Å². The molecule has 0 atom stereocenters. The summed E-state index contributed by atoms with van der Waals surface area (Å²) in [5, 5.41) is 7.04. The van der Waals surface area contributed by atoms with Crippen LogP contribution in [0, 0.1) is 0 Å². The third kappa shape index (κ3) is 3.19. The Bertz CT molecular complexity index is 1080. The van der Waals surface area contributed by atoms with Crippen LogP contribution in [-0.2, 0) is 19.6 Å². The number of fused-ring (bicyclic) bond motifs is 2. The van der Waals surface area contributed by atoms with Gasteiger partial charge in [0, 0.05) is 24.4 Å². The zero-order valence-corrected chi connectivity index (χ0v) is 16.6. The number of imidazole rings is 1. The maximum absolute atomic E-state index is 13.0. The Morgan fingerprint density at radius 2 is 1.96 bits per heavy atom. The highest BCUT2D eigenvalue weighted by Gasteiger charge is 2.35. The molecule has 0 fully saturated rings. The number of aryl methyl sites for hydroxylation is 1. The lowest BCUT2D eigenvalue weighted by atomic mass is 10.1. The first-order chi connectivity index (χ1) is 13.1. The Morgan fingerprint density at radius 1 is 1.21 bits per heavy atom. The van der Waals surface area contributed by atoms with Gasteiger partial charge in [0.15, 0.2) is 17.2 Å². The first-order valence-corrected chi connectivity index (χ1v) is 9.71. The van der Waals surface area contributed by atoms with E-state index in [-0.39, 0.29) is 16.8 Å². The largest absolute Gasteiger partial charge is 0.485 e. The molecule has 0 radical (unpaired) electrons. The van der Waals surface area contributed by atoms with Gasteiger partial charge >= 0.3 is 6.18 Å². The molecule has 1 aliphatic heterocycles. The Balaban J connectivity index is 1.89. The van der Waals surface area contributed by atoms with Crippen LogP contribution in [0.2, 0.25) is 0 Å². The van der Waals surface area contributed by atoms with Crippen LogP contribution in [0.25, 0.3) is 22.7 Å². The van der Waals surface area contributed by atoms with Gasteiger partial charge in [0.25, 0.3) is 0 Å². The van der Waals surface area contributed by atoms with Crippen molar-refractivity contribution in [1.29, 1.82) is 0 Å². The van der Waals surface area contributed by atoms with Crippen LogP contribution in [0.5, 0.6) is 5.75 Å². The van der Waals surface area contributed by atoms with Crippen molar-refractivity contribution in [2.45, 2.75) is 43.9 Å². The number of rotatable bonds is 3. The minimum Gasteiger partial charge on any atom is -0.485 e. The molecule has 0 N–H and O–H groups in total. The van der Waals surface area contributed by atoms with Crippen LogP contribution >= 0.6 is 11.8 Å². The molecule has 0 spiro atoms. The lowest BCUT2D eigenvalue weighted by Crippen LogP contribution is -2.24. The van der Waals surface area contributed by atoms with E-state index in [0.29, 0.717) is 17.9 Å². The fourth-order valence-electron chi connectivity index (χ4n) is 3.23. The molecule has 4 rings (SSSR count). The molecule has 4 heterocycles. The highest BCUT2D eigenvalue weighted by molar-refractivity contribution is 7.99. The summed E-state index contributed by atoms with van der Waals surface area (Å²) in [5.74, 6) is 1.99. The van der Waals surface area contributed by atoms with Crippen LogP contribution in [-0.4, -0.2) is 36.1 Å². The van der Waals surface area contributed by atoms with Gasteiger partial charge in [-0.2, -0.15) is 13.2 Å². The molecule has 0 saturated heterocycles. The molecule has 10 heteroatoms. The van der Waals surface area contributed by atoms with Crippen molar-refractivity contribution in [1.82, 2.24) is 24.7 Å². The third-order valence-electron chi connectivity index (χ3n) is 4.43. The SMILES string of the molecule is CCSc1cc2c(nc1-c1nc3cc(C(F)(F)F)nnc3n1C)CC(C)(C)O2. The van der Waals surface area contributed by atoms with Crippen molar-refractivity contribution in [3.05, 3.63) is 23.5 Å². The summed E-state index contributed by atoms with van der Waals surface area (Å²) < 4.78 is 46.5. The number of alkyl halides is 3. The fraction of sp³-hybridized carbons (Fsp3) is 0.444. The molecule has 28 heavy (non-hydrogen) atoms. The minimum atomic E-state index is -4.57. The molecule has 0 saturated carbocycles. The fourth-order valence-corrected chi connectivity index (χ4v) is 4.00. The van der Waals surface area contributed by atoms with Crippen LogP contribution in [0.4, 0.5) is 13.2 Å². The van der Waals surface area contributed by atoms with Gasteiger partial charge in [0.2, 0.25) is 0 Å². The van der Waals surface area contributed by atoms with E-state index in [1.54, 1.807) is 23.4 Å². The van der Waals surface area contributed by atoms with E-state index in [0.717, 1.165) is 28.2 Å². The second-order valence-corrected chi connectivity index (χ2v) is 8.49. The summed E-state index contributed by atoms with van der Waals surface area (Å²) in [5.41, 5.74) is 0.419. The second kappa shape index (κ2) is 6.33. The van der Waals surface area contributed by atoms with Gasteiger partial charge in [-0.15, -0.1) is 22.0 Å². The highest BCUT2D eigenvalue weighted by Crippen LogP contribution is 2.40. The van der Waals surface area contributed by atoms with E-state index < -0.39 is 11.9 Å². The second-order valence-electron chi connectivity index (χ2n) is 7.18. The molecule has 148 valence electrons. The van der Waals surface area contributed by atoms with Crippen LogP contribution < -0.4 is 4.74 Å². The Kier molecular flexibility index (Phi) is 4.29. The van der Waals surface area contributed by atoms with Crippen LogP contribution in [0.15, 0.2) is 17.0 Å². The Morgan fingerprint density at radius 3 is 2.64 bits per heavy atom. The van der Waals surface area contributed by atoms with Crippen molar-refractivity contribution in [3.63, 3.8) is 0 Å². The van der Waals surface area contributed by atoms with Crippen LogP contribution in [0.1, 0.15) is 32.2 Å². The molecule has 0 unspecified atom stereocenters. The standard InChI is InChI=1S/C18H18F3N5OS/c1-5-28-12-7-11-10(8-17(2,3)27-11)22-14(12)16-23-9-6-13(18(19,20)21)24-25-15(9)26(16)4/h6-7H,5,8H2,1-4H3. The molecule has 0 aliphatic carbocycles. The Hall–Kier alpha value is -2.36. The zero-order valence-electron chi connectivity index (χ0n) is 15.8. The van der Waals surface area contributed by atoms with Crippen LogP contribution in [0.3, 0.4) is 0 Å². The van der Waals surface area contributed by atoms with Gasteiger partial charge in [-0.05, 0) is 25.7 Å². The predicted octanol–water partition coefficient (Wildman–Crippen LogP) is 4.27. The van der Waals surface area contributed by atoms with E-state index in [9.17, 15) is 13.2 Å². The number of pyridine rings is 1. The summed E-state index contributed by atoms with van der Waals surface area (Å²) in [6.45, 7) is 6.00. The molecule has 6 nitrogen and oxygen atoms in total.